The van der Waals surface area contributed by atoms with E-state index in [1.54, 1.807) is 30.3 Å². The lowest BCUT2D eigenvalue weighted by atomic mass is 10.0. The number of nitrogens with two attached hydrogens (primary N) is 3. The lowest BCUT2D eigenvalue weighted by Gasteiger charge is -2.24. The van der Waals surface area contributed by atoms with Crippen molar-refractivity contribution in [3.05, 3.63) is 35.9 Å². The predicted molar refractivity (Wildman–Crippen MR) is 132 cm³/mol. The summed E-state index contributed by atoms with van der Waals surface area (Å²) in [7, 11) is 0. The van der Waals surface area contributed by atoms with Gasteiger partial charge in [-0.3, -0.25) is 19.2 Å². The normalized spacial score (nSPS) is 14.1. The molecule has 35 heavy (non-hydrogen) atoms. The second-order valence-corrected chi connectivity index (χ2v) is 8.32. The molecule has 1 aromatic carbocycles. The molecule has 0 bridgehead atoms. The van der Waals surface area contributed by atoms with Gasteiger partial charge in [0.2, 0.25) is 23.6 Å². The van der Waals surface area contributed by atoms with Crippen LogP contribution in [0, 0.1) is 0 Å². The molecule has 4 amide bonds. The minimum Gasteiger partial charge on any atom is -0.480 e. The molecule has 0 radical (unpaired) electrons. The average Bonchev–Trinajstić information content (AvgIpc) is 2.82. The fourth-order valence-electron chi connectivity index (χ4n) is 3.13. The number of rotatable bonds is 16. The number of carboxylic acid groups (broad SMARTS) is 1. The second kappa shape index (κ2) is 15.7. The summed E-state index contributed by atoms with van der Waals surface area (Å²) in [6.07, 6.45) is 0.692. The predicted octanol–water partition coefficient (Wildman–Crippen LogP) is -1.97. The molecule has 1 rings (SSSR count). The summed E-state index contributed by atoms with van der Waals surface area (Å²) in [5, 5.41) is 16.8. The van der Waals surface area contributed by atoms with E-state index in [-0.39, 0.29) is 18.6 Å². The van der Waals surface area contributed by atoms with Crippen molar-refractivity contribution in [2.45, 2.75) is 56.3 Å². The van der Waals surface area contributed by atoms with Gasteiger partial charge in [0.15, 0.2) is 0 Å². The number of hydrogen-bond acceptors (Lipinski definition) is 8. The molecule has 4 unspecified atom stereocenters. The Kier molecular flexibility index (Phi) is 13.4. The van der Waals surface area contributed by atoms with Crippen molar-refractivity contribution in [1.29, 1.82) is 0 Å². The number of carboxylic acids is 1. The Morgan fingerprint density at radius 2 is 1.46 bits per heavy atom. The fourth-order valence-corrected chi connectivity index (χ4v) is 3.29. The monoisotopic (exact) mass is 510 g/mol. The van der Waals surface area contributed by atoms with Gasteiger partial charge in [-0.05, 0) is 31.4 Å². The number of unbranched alkanes of at least 4 members (excludes halogenated alkanes) is 1. The van der Waals surface area contributed by atoms with Crippen LogP contribution in [0.2, 0.25) is 0 Å². The summed E-state index contributed by atoms with van der Waals surface area (Å²) in [5.74, 6) is -4.40. The van der Waals surface area contributed by atoms with Gasteiger partial charge in [-0.25, -0.2) is 4.79 Å². The number of hydrogen-bond donors (Lipinski definition) is 8. The van der Waals surface area contributed by atoms with E-state index in [0.29, 0.717) is 24.9 Å². The van der Waals surface area contributed by atoms with Gasteiger partial charge in [-0.15, -0.1) is 0 Å². The Hall–Kier alpha value is -3.16. The average molecular weight is 511 g/mol. The van der Waals surface area contributed by atoms with Crippen molar-refractivity contribution >= 4 is 42.2 Å². The third-order valence-electron chi connectivity index (χ3n) is 5.05. The Morgan fingerprint density at radius 1 is 0.886 bits per heavy atom. The maximum atomic E-state index is 12.9. The number of amides is 4. The number of nitrogens with one attached hydrogen (secondary N) is 3. The minimum absolute atomic E-state index is 0.0153. The smallest absolute Gasteiger partial charge is 0.326 e. The molecule has 0 aliphatic carbocycles. The Labute approximate surface area is 209 Å². The van der Waals surface area contributed by atoms with Crippen LogP contribution in [0.15, 0.2) is 30.3 Å². The Morgan fingerprint density at radius 3 is 2.00 bits per heavy atom. The van der Waals surface area contributed by atoms with Crippen LogP contribution >= 0.6 is 12.6 Å². The number of aliphatic carboxylic acids is 1. The van der Waals surface area contributed by atoms with E-state index in [1.807, 2.05) is 0 Å². The van der Waals surface area contributed by atoms with Crippen LogP contribution in [0.4, 0.5) is 0 Å². The van der Waals surface area contributed by atoms with Gasteiger partial charge < -0.3 is 38.3 Å². The summed E-state index contributed by atoms with van der Waals surface area (Å²) in [4.78, 5) is 61.2. The highest BCUT2D eigenvalue weighted by molar-refractivity contribution is 7.80. The molecule has 0 spiro atoms. The number of carbonyl (C=O) groups excluding carboxylic acids is 4. The number of benzene rings is 1. The van der Waals surface area contributed by atoms with E-state index >= 15 is 0 Å². The Bertz CT molecular complexity index is 871. The van der Waals surface area contributed by atoms with Gasteiger partial charge in [-0.1, -0.05) is 30.3 Å². The third-order valence-corrected chi connectivity index (χ3v) is 5.44. The highest BCUT2D eigenvalue weighted by Crippen LogP contribution is 2.06. The lowest BCUT2D eigenvalue weighted by Crippen LogP contribution is -2.58. The van der Waals surface area contributed by atoms with Crippen LogP contribution in [0.1, 0.15) is 31.2 Å². The molecule has 0 fully saturated rings. The molecule has 10 N–H and O–H groups in total. The fraction of sp³-hybridized carbons (Fsp3) is 0.500. The van der Waals surface area contributed by atoms with Crippen molar-refractivity contribution in [1.82, 2.24) is 16.0 Å². The molecule has 0 aliphatic rings. The first kappa shape index (κ1) is 29.9. The molecule has 0 aliphatic heterocycles. The van der Waals surface area contributed by atoms with E-state index in [9.17, 15) is 29.1 Å². The van der Waals surface area contributed by atoms with Crippen LogP contribution in [0.25, 0.3) is 0 Å². The van der Waals surface area contributed by atoms with Crippen molar-refractivity contribution in [2.75, 3.05) is 12.3 Å². The molecular weight excluding hydrogens is 476 g/mol. The molecule has 12 nitrogen and oxygen atoms in total. The summed E-state index contributed by atoms with van der Waals surface area (Å²) in [6.45, 7) is 0.378. The van der Waals surface area contributed by atoms with Gasteiger partial charge in [0.1, 0.15) is 18.1 Å². The van der Waals surface area contributed by atoms with Crippen LogP contribution in [-0.2, 0) is 30.4 Å². The molecule has 0 saturated heterocycles. The third kappa shape index (κ3) is 11.2. The molecule has 0 heterocycles. The van der Waals surface area contributed by atoms with Crippen molar-refractivity contribution in [3.8, 4) is 0 Å². The zero-order valence-corrected chi connectivity index (χ0v) is 20.2. The molecular formula is C22H34N6O6S. The highest BCUT2D eigenvalue weighted by Gasteiger charge is 2.31. The number of primary amides is 1. The first-order chi connectivity index (χ1) is 16.6. The first-order valence-corrected chi connectivity index (χ1v) is 11.7. The van der Waals surface area contributed by atoms with E-state index in [4.69, 9.17) is 17.2 Å². The zero-order chi connectivity index (χ0) is 26.4. The van der Waals surface area contributed by atoms with Gasteiger partial charge >= 0.3 is 5.97 Å². The quantitative estimate of drug-likeness (QED) is 0.0918. The van der Waals surface area contributed by atoms with Crippen molar-refractivity contribution in [2.24, 2.45) is 17.2 Å². The van der Waals surface area contributed by atoms with Gasteiger partial charge in [0, 0.05) is 12.2 Å². The van der Waals surface area contributed by atoms with Gasteiger partial charge in [0.25, 0.3) is 0 Å². The van der Waals surface area contributed by atoms with E-state index in [1.165, 1.54) is 0 Å². The van der Waals surface area contributed by atoms with Gasteiger partial charge in [-0.2, -0.15) is 12.6 Å². The number of thiol groups is 1. The summed E-state index contributed by atoms with van der Waals surface area (Å²) < 4.78 is 0. The second-order valence-electron chi connectivity index (χ2n) is 7.96. The molecule has 13 heteroatoms. The SMILES string of the molecule is NCCCCC(NC(=O)C(N)CS)C(=O)NC(CC(N)=O)C(=O)NC(Cc1ccccc1)C(=O)O. The van der Waals surface area contributed by atoms with Crippen LogP contribution < -0.4 is 33.2 Å². The molecule has 1 aromatic rings. The topological polar surface area (TPSA) is 220 Å². The lowest BCUT2D eigenvalue weighted by molar-refractivity contribution is -0.142. The summed E-state index contributed by atoms with van der Waals surface area (Å²) in [5.41, 5.74) is 17.1. The molecule has 0 aromatic heterocycles. The maximum absolute atomic E-state index is 12.9. The highest BCUT2D eigenvalue weighted by atomic mass is 32.1. The number of carbonyl (C=O) groups is 5. The largest absolute Gasteiger partial charge is 0.480 e. The zero-order valence-electron chi connectivity index (χ0n) is 19.3. The van der Waals surface area contributed by atoms with E-state index in [2.05, 4.69) is 28.6 Å². The van der Waals surface area contributed by atoms with Crippen LogP contribution in [-0.4, -0.2) is 71.2 Å². The van der Waals surface area contributed by atoms with Crippen LogP contribution in [0.5, 0.6) is 0 Å². The maximum Gasteiger partial charge on any atom is 0.326 e. The summed E-state index contributed by atoms with van der Waals surface area (Å²) in [6, 6.07) is 3.84. The molecule has 194 valence electrons. The van der Waals surface area contributed by atoms with E-state index in [0.717, 1.165) is 0 Å². The van der Waals surface area contributed by atoms with E-state index < -0.39 is 60.2 Å². The first-order valence-electron chi connectivity index (χ1n) is 11.1. The van der Waals surface area contributed by atoms with Crippen molar-refractivity contribution < 1.29 is 29.1 Å². The van der Waals surface area contributed by atoms with Crippen LogP contribution in [0.3, 0.4) is 0 Å². The van der Waals surface area contributed by atoms with Crippen molar-refractivity contribution in [3.63, 3.8) is 0 Å². The van der Waals surface area contributed by atoms with Gasteiger partial charge in [0.05, 0.1) is 12.5 Å². The minimum atomic E-state index is -1.45. The molecule has 0 saturated carbocycles. The Balaban J connectivity index is 2.99. The standard InChI is InChI=1S/C22H34N6O6S/c23-9-5-4-8-15(26-19(30)14(24)12-35)20(31)27-16(11-18(25)29)21(32)28-17(22(33)34)10-13-6-2-1-3-7-13/h1-3,6-7,14-17,35H,4-5,8-12,23-24H2,(H2,25,29)(H,26,30)(H,27,31)(H,28,32)(H,33,34). The summed E-state index contributed by atoms with van der Waals surface area (Å²) >= 11 is 3.96. The molecule has 4 atom stereocenters.